The molecule has 1 aliphatic rings. The first-order valence-corrected chi connectivity index (χ1v) is 12.0. The van der Waals surface area contributed by atoms with Gasteiger partial charge in [0, 0.05) is 12.1 Å². The van der Waals surface area contributed by atoms with E-state index in [4.69, 9.17) is 21.1 Å². The van der Waals surface area contributed by atoms with Gasteiger partial charge in [0.25, 0.3) is 11.7 Å². The van der Waals surface area contributed by atoms with Crippen LogP contribution in [0, 0.1) is 0 Å². The normalized spacial score (nSPS) is 17.1. The van der Waals surface area contributed by atoms with Crippen molar-refractivity contribution in [2.75, 3.05) is 14.2 Å². The van der Waals surface area contributed by atoms with Gasteiger partial charge < -0.3 is 19.5 Å². The van der Waals surface area contributed by atoms with Crippen molar-refractivity contribution in [1.29, 1.82) is 0 Å². The Morgan fingerprint density at radius 1 is 0.972 bits per heavy atom. The number of ether oxygens (including phenoxy) is 2. The molecule has 1 fully saturated rings. The number of halogens is 1. The predicted octanol–water partition coefficient (Wildman–Crippen LogP) is 6.10. The first-order valence-electron chi connectivity index (χ1n) is 11.6. The molecule has 0 spiro atoms. The van der Waals surface area contributed by atoms with Gasteiger partial charge in [-0.25, -0.2) is 0 Å². The monoisotopic (exact) mass is 505 g/mol. The number of hydrogen-bond donors (Lipinski definition) is 1. The average Bonchev–Trinajstić information content (AvgIpc) is 3.14. The molecule has 1 amide bonds. The maximum Gasteiger partial charge on any atom is 0.295 e. The fraction of sp³-hybridized carbons (Fsp3) is 0.241. The number of aliphatic hydroxyl groups excluding tert-OH is 1. The third-order valence-corrected chi connectivity index (χ3v) is 6.71. The largest absolute Gasteiger partial charge is 0.507 e. The van der Waals surface area contributed by atoms with Crippen LogP contribution in [0.4, 0.5) is 0 Å². The minimum absolute atomic E-state index is 0.0233. The lowest BCUT2D eigenvalue weighted by Gasteiger charge is -2.26. The maximum atomic E-state index is 13.3. The number of carbonyl (C=O) groups is 2. The molecule has 3 aromatic carbocycles. The molecular weight excluding hydrogens is 478 g/mol. The van der Waals surface area contributed by atoms with Gasteiger partial charge in [0.2, 0.25) is 0 Å². The van der Waals surface area contributed by atoms with Crippen LogP contribution in [-0.2, 0) is 16.1 Å². The summed E-state index contributed by atoms with van der Waals surface area (Å²) in [5.74, 6) is -0.326. The second-order valence-corrected chi connectivity index (χ2v) is 9.35. The van der Waals surface area contributed by atoms with Crippen LogP contribution >= 0.6 is 11.6 Å². The molecule has 186 valence electrons. The Bertz CT molecular complexity index is 1310. The number of benzene rings is 3. The molecule has 1 N–H and O–H groups in total. The quantitative estimate of drug-likeness (QED) is 0.238. The predicted molar refractivity (Wildman–Crippen MR) is 139 cm³/mol. The number of aliphatic hydroxyl groups is 1. The van der Waals surface area contributed by atoms with Gasteiger partial charge in [0.15, 0.2) is 0 Å². The number of rotatable bonds is 7. The molecule has 0 radical (unpaired) electrons. The van der Waals surface area contributed by atoms with Gasteiger partial charge in [-0.05, 0) is 52.9 Å². The van der Waals surface area contributed by atoms with E-state index >= 15 is 0 Å². The average molecular weight is 506 g/mol. The maximum absolute atomic E-state index is 13.3. The van der Waals surface area contributed by atoms with Gasteiger partial charge in [0.1, 0.15) is 17.3 Å². The Labute approximate surface area is 215 Å². The topological polar surface area (TPSA) is 76.1 Å². The van der Waals surface area contributed by atoms with E-state index < -0.39 is 17.7 Å². The summed E-state index contributed by atoms with van der Waals surface area (Å²) in [5.41, 5.74) is 3.05. The molecule has 36 heavy (non-hydrogen) atoms. The summed E-state index contributed by atoms with van der Waals surface area (Å²) < 4.78 is 10.5. The molecule has 1 saturated heterocycles. The number of methoxy groups -OCH3 is 2. The lowest BCUT2D eigenvalue weighted by atomic mass is 9.93. The SMILES string of the molecule is COc1ccc(CN2C(=O)C(=O)/C(=C(\O)c3ccc(Cl)c(OC)c3)C2c2ccc(C(C)C)cc2)cc1. The van der Waals surface area contributed by atoms with Crippen molar-refractivity contribution in [3.05, 3.63) is 99.6 Å². The fourth-order valence-electron chi connectivity index (χ4n) is 4.34. The second kappa shape index (κ2) is 10.5. The summed E-state index contributed by atoms with van der Waals surface area (Å²) in [6, 6.07) is 19.0. The van der Waals surface area contributed by atoms with E-state index in [1.165, 1.54) is 12.0 Å². The molecule has 1 aliphatic heterocycles. The molecule has 0 aliphatic carbocycles. The summed E-state index contributed by atoms with van der Waals surface area (Å²) in [6.45, 7) is 4.38. The first-order chi connectivity index (χ1) is 17.2. The highest BCUT2D eigenvalue weighted by atomic mass is 35.5. The number of carbonyl (C=O) groups excluding carboxylic acids is 2. The fourth-order valence-corrected chi connectivity index (χ4v) is 4.54. The second-order valence-electron chi connectivity index (χ2n) is 8.95. The number of ketones is 1. The zero-order valence-electron chi connectivity index (χ0n) is 20.6. The van der Waals surface area contributed by atoms with Crippen molar-refractivity contribution in [3.8, 4) is 11.5 Å². The Balaban J connectivity index is 1.84. The number of nitrogens with zero attached hydrogens (tertiary/aromatic N) is 1. The molecular formula is C29H28ClNO5. The molecule has 0 aromatic heterocycles. The minimum Gasteiger partial charge on any atom is -0.507 e. The van der Waals surface area contributed by atoms with Crippen LogP contribution in [0.25, 0.3) is 5.76 Å². The van der Waals surface area contributed by atoms with Crippen molar-refractivity contribution >= 4 is 29.1 Å². The van der Waals surface area contributed by atoms with Crippen LogP contribution in [0.1, 0.15) is 48.1 Å². The van der Waals surface area contributed by atoms with Crippen molar-refractivity contribution in [3.63, 3.8) is 0 Å². The third kappa shape index (κ3) is 4.82. The van der Waals surface area contributed by atoms with Gasteiger partial charge in [0.05, 0.1) is 30.9 Å². The highest BCUT2D eigenvalue weighted by Crippen LogP contribution is 2.41. The summed E-state index contributed by atoms with van der Waals surface area (Å²) >= 11 is 6.15. The standard InChI is InChI=1S/C29H28ClNO5/c1-17(2)19-7-9-20(10-8-19)26-25(27(32)21-11-14-23(30)24(15-21)36-4)28(33)29(34)31(26)16-18-5-12-22(35-3)13-6-18/h5-15,17,26,32H,16H2,1-4H3/b27-25-. The first kappa shape index (κ1) is 25.3. The van der Waals surface area contributed by atoms with Crippen LogP contribution in [0.3, 0.4) is 0 Å². The zero-order chi connectivity index (χ0) is 26.0. The summed E-state index contributed by atoms with van der Waals surface area (Å²) in [5, 5.41) is 11.7. The van der Waals surface area contributed by atoms with Crippen molar-refractivity contribution in [2.24, 2.45) is 0 Å². The summed E-state index contributed by atoms with van der Waals surface area (Å²) in [6.07, 6.45) is 0. The summed E-state index contributed by atoms with van der Waals surface area (Å²) in [4.78, 5) is 28.1. The van der Waals surface area contributed by atoms with Gasteiger partial charge in [-0.3, -0.25) is 9.59 Å². The Morgan fingerprint density at radius 3 is 2.22 bits per heavy atom. The number of amides is 1. The molecule has 0 saturated carbocycles. The molecule has 6 nitrogen and oxygen atoms in total. The van der Waals surface area contributed by atoms with E-state index in [-0.39, 0.29) is 17.9 Å². The van der Waals surface area contributed by atoms with Crippen LogP contribution < -0.4 is 9.47 Å². The van der Waals surface area contributed by atoms with Crippen molar-refractivity contribution < 1.29 is 24.2 Å². The lowest BCUT2D eigenvalue weighted by Crippen LogP contribution is -2.29. The number of likely N-dealkylation sites (tertiary alicyclic amines) is 1. The highest BCUT2D eigenvalue weighted by Gasteiger charge is 2.46. The lowest BCUT2D eigenvalue weighted by molar-refractivity contribution is -0.140. The Kier molecular flexibility index (Phi) is 7.36. The van der Waals surface area contributed by atoms with E-state index in [1.807, 2.05) is 36.4 Å². The van der Waals surface area contributed by atoms with Gasteiger partial charge >= 0.3 is 0 Å². The zero-order valence-corrected chi connectivity index (χ0v) is 21.4. The van der Waals surface area contributed by atoms with E-state index in [0.29, 0.717) is 28.0 Å². The van der Waals surface area contributed by atoms with Crippen molar-refractivity contribution in [1.82, 2.24) is 4.90 Å². The van der Waals surface area contributed by atoms with E-state index in [0.717, 1.165) is 16.7 Å². The summed E-state index contributed by atoms with van der Waals surface area (Å²) in [7, 11) is 3.05. The Hall–Kier alpha value is -3.77. The molecule has 1 atom stereocenters. The van der Waals surface area contributed by atoms with Gasteiger partial charge in [-0.1, -0.05) is 61.8 Å². The smallest absolute Gasteiger partial charge is 0.295 e. The van der Waals surface area contributed by atoms with Crippen LogP contribution in [0.2, 0.25) is 5.02 Å². The van der Waals surface area contributed by atoms with E-state index in [9.17, 15) is 14.7 Å². The van der Waals surface area contributed by atoms with E-state index in [2.05, 4.69) is 13.8 Å². The molecule has 1 heterocycles. The van der Waals surface area contributed by atoms with Gasteiger partial charge in [-0.2, -0.15) is 0 Å². The number of hydrogen-bond acceptors (Lipinski definition) is 5. The Morgan fingerprint density at radius 2 is 1.64 bits per heavy atom. The molecule has 7 heteroatoms. The van der Waals surface area contributed by atoms with Crippen LogP contribution in [0.15, 0.2) is 72.3 Å². The van der Waals surface area contributed by atoms with Crippen LogP contribution in [0.5, 0.6) is 11.5 Å². The highest BCUT2D eigenvalue weighted by molar-refractivity contribution is 6.46. The molecule has 0 bridgehead atoms. The van der Waals surface area contributed by atoms with Crippen LogP contribution in [-0.4, -0.2) is 35.9 Å². The van der Waals surface area contributed by atoms with E-state index in [1.54, 1.807) is 37.4 Å². The van der Waals surface area contributed by atoms with Crippen molar-refractivity contribution in [2.45, 2.75) is 32.4 Å². The molecule has 4 rings (SSSR count). The molecule has 1 unspecified atom stereocenters. The third-order valence-electron chi connectivity index (χ3n) is 6.40. The number of Topliss-reactive ketones (excluding diaryl/α,β-unsaturated/α-hetero) is 1. The van der Waals surface area contributed by atoms with Gasteiger partial charge in [-0.15, -0.1) is 0 Å². The molecule has 3 aromatic rings. The minimum atomic E-state index is -0.769.